The van der Waals surface area contributed by atoms with E-state index in [1.165, 1.54) is 0 Å². The molecule has 1 nitrogen and oxygen atoms in total. The molecule has 0 heterocycles. The molecule has 0 spiro atoms. The number of thiol groups is 2. The van der Waals surface area contributed by atoms with E-state index in [1.54, 1.807) is 0 Å². The third kappa shape index (κ3) is 26.7. The molecule has 0 aliphatic rings. The van der Waals surface area contributed by atoms with Gasteiger partial charge in [-0.3, -0.25) is 4.79 Å². The molecule has 0 unspecified atom stereocenters. The molecule has 0 saturated carbocycles. The van der Waals surface area contributed by atoms with Crippen LogP contribution in [0.3, 0.4) is 0 Å². The smallest absolute Gasteiger partial charge is 0.239 e. The first kappa shape index (κ1) is 9.87. The van der Waals surface area contributed by atoms with Gasteiger partial charge >= 0.3 is 0 Å². The Kier molecular flexibility index (Phi) is 11.3. The first-order valence-corrected chi connectivity index (χ1v) is 1.55. The fourth-order valence-corrected chi connectivity index (χ4v) is 0. The molecule has 0 aliphatic heterocycles. The van der Waals surface area contributed by atoms with Gasteiger partial charge in [0.2, 0.25) is 4.45 Å². The van der Waals surface area contributed by atoms with Crippen LogP contribution >= 0.6 is 25.3 Å². The summed E-state index contributed by atoms with van der Waals surface area (Å²) in [6.45, 7) is 0. The quantitative estimate of drug-likeness (QED) is 0.601. The van der Waals surface area contributed by atoms with Crippen molar-refractivity contribution in [1.82, 2.24) is 0 Å². The van der Waals surface area contributed by atoms with Gasteiger partial charge in [0.25, 0.3) is 0 Å². The molecule has 0 aliphatic carbocycles. The topological polar surface area (TPSA) is 17.1 Å². The van der Waals surface area contributed by atoms with E-state index in [0.717, 1.165) is 0 Å². The number of carbonyl (C=O) groups is 1. The van der Waals surface area contributed by atoms with Crippen LogP contribution in [0.15, 0.2) is 0 Å². The molecule has 0 saturated heterocycles. The van der Waals surface area contributed by atoms with Gasteiger partial charge in [-0.25, -0.2) is 0 Å². The summed E-state index contributed by atoms with van der Waals surface area (Å²) in [7, 11) is 0. The molecular formula is CH2NdOS2. The van der Waals surface area contributed by atoms with Crippen molar-refractivity contribution in [3.05, 3.63) is 0 Å². The zero-order valence-corrected chi connectivity index (χ0v) is 7.30. The van der Waals surface area contributed by atoms with E-state index in [9.17, 15) is 4.79 Å². The Balaban J connectivity index is 0. The summed E-state index contributed by atoms with van der Waals surface area (Å²) in [5.74, 6) is 0. The summed E-state index contributed by atoms with van der Waals surface area (Å²) in [6.07, 6.45) is 0. The fourth-order valence-electron chi connectivity index (χ4n) is 0. The average Bonchev–Trinajstić information content (AvgIpc) is 0.811. The van der Waals surface area contributed by atoms with Gasteiger partial charge < -0.3 is 0 Å². The van der Waals surface area contributed by atoms with Crippen LogP contribution in [0, 0.1) is 40.8 Å². The monoisotopic (exact) mass is 236 g/mol. The second-order valence-corrected chi connectivity index (χ2v) is 1.45. The van der Waals surface area contributed by atoms with Crippen LogP contribution in [0.25, 0.3) is 0 Å². The summed E-state index contributed by atoms with van der Waals surface area (Å²) in [6, 6.07) is 0. The molecule has 0 atom stereocenters. The third-order valence-corrected chi connectivity index (χ3v) is 0. The van der Waals surface area contributed by atoms with Crippen molar-refractivity contribution in [3.63, 3.8) is 0 Å². The minimum Gasteiger partial charge on any atom is -0.275 e. The average molecular weight is 238 g/mol. The zero-order chi connectivity index (χ0) is 3.58. The Hall–Kier alpha value is 1.72. The van der Waals surface area contributed by atoms with E-state index in [1.807, 2.05) is 0 Å². The van der Waals surface area contributed by atoms with Crippen molar-refractivity contribution in [2.45, 2.75) is 0 Å². The maximum atomic E-state index is 9.17. The molecule has 0 bridgehead atoms. The summed E-state index contributed by atoms with van der Waals surface area (Å²) in [4.78, 5) is 9.17. The standard InChI is InChI=1S/CH2OS2.Nd/c2-1(3)4;/h(H2,2,3,4);. The SMILES string of the molecule is O=C(S)S.[Nd]. The second kappa shape index (κ2) is 5.72. The van der Waals surface area contributed by atoms with Crippen molar-refractivity contribution >= 4 is 29.7 Å². The maximum absolute atomic E-state index is 9.17. The van der Waals surface area contributed by atoms with E-state index in [4.69, 9.17) is 0 Å². The Morgan fingerprint density at radius 2 is 1.40 bits per heavy atom. The number of rotatable bonds is 0. The molecule has 0 rings (SSSR count). The van der Waals surface area contributed by atoms with Crippen LogP contribution in [0.4, 0.5) is 4.79 Å². The predicted molar refractivity (Wildman–Crippen MR) is 23.4 cm³/mol. The minimum atomic E-state index is -0.444. The minimum absolute atomic E-state index is 0. The fraction of sp³-hybridized carbons (Fsp3) is 0. The first-order valence-electron chi connectivity index (χ1n) is 0.651. The molecule has 0 aromatic rings. The molecular weight excluding hydrogens is 236 g/mol. The van der Waals surface area contributed by atoms with Crippen LogP contribution in [-0.4, -0.2) is 4.45 Å². The summed E-state index contributed by atoms with van der Waals surface area (Å²) in [5.41, 5.74) is 0. The molecule has 0 aromatic heterocycles. The normalized spacial score (nSPS) is 5.20. The number of hydrogen-bond acceptors (Lipinski definition) is 1. The first-order chi connectivity index (χ1) is 1.73. The van der Waals surface area contributed by atoms with E-state index in [0.29, 0.717) is 0 Å². The summed E-state index contributed by atoms with van der Waals surface area (Å²) < 4.78 is -0.444. The van der Waals surface area contributed by atoms with E-state index < -0.39 is 4.45 Å². The zero-order valence-electron chi connectivity index (χ0n) is 2.30. The Bertz CT molecular complexity index is 32.6. The van der Waals surface area contributed by atoms with Gasteiger partial charge in [-0.05, 0) is 0 Å². The van der Waals surface area contributed by atoms with E-state index >= 15 is 0 Å². The molecule has 28 valence electrons. The molecule has 0 aromatic carbocycles. The molecule has 0 radical (unpaired) electrons. The van der Waals surface area contributed by atoms with Crippen molar-refractivity contribution in [1.29, 1.82) is 0 Å². The van der Waals surface area contributed by atoms with Crippen molar-refractivity contribution in [3.8, 4) is 0 Å². The van der Waals surface area contributed by atoms with Crippen molar-refractivity contribution in [2.75, 3.05) is 0 Å². The predicted octanol–water partition coefficient (Wildman–Crippen LogP) is 0.966. The Morgan fingerprint density at radius 1 is 1.40 bits per heavy atom. The van der Waals surface area contributed by atoms with Crippen LogP contribution in [0.2, 0.25) is 0 Å². The van der Waals surface area contributed by atoms with Crippen LogP contribution in [-0.2, 0) is 0 Å². The van der Waals surface area contributed by atoms with Gasteiger partial charge in [-0.2, -0.15) is 0 Å². The Morgan fingerprint density at radius 3 is 1.40 bits per heavy atom. The van der Waals surface area contributed by atoms with E-state index in [2.05, 4.69) is 25.3 Å². The van der Waals surface area contributed by atoms with Gasteiger partial charge in [-0.15, -0.1) is 0 Å². The van der Waals surface area contributed by atoms with Gasteiger partial charge in [-0.1, -0.05) is 25.3 Å². The third-order valence-electron chi connectivity index (χ3n) is 0. The molecule has 5 heavy (non-hydrogen) atoms. The summed E-state index contributed by atoms with van der Waals surface area (Å²) in [5, 5.41) is 0. The van der Waals surface area contributed by atoms with E-state index in [-0.39, 0.29) is 40.8 Å². The second-order valence-electron chi connectivity index (χ2n) is 0.283. The molecule has 0 N–H and O–H groups in total. The molecule has 0 amide bonds. The van der Waals surface area contributed by atoms with Crippen LogP contribution in [0.5, 0.6) is 0 Å². The summed E-state index contributed by atoms with van der Waals surface area (Å²) >= 11 is 6.38. The van der Waals surface area contributed by atoms with Gasteiger partial charge in [0.05, 0.1) is 0 Å². The Labute approximate surface area is 74.2 Å². The number of hydrogen-bond donors (Lipinski definition) is 2. The molecule has 0 fully saturated rings. The van der Waals surface area contributed by atoms with Gasteiger partial charge in [0.1, 0.15) is 0 Å². The van der Waals surface area contributed by atoms with Gasteiger partial charge in [0.15, 0.2) is 0 Å². The van der Waals surface area contributed by atoms with Crippen molar-refractivity contribution < 1.29 is 45.6 Å². The number of carbonyl (C=O) groups excluding carboxylic acids is 1. The van der Waals surface area contributed by atoms with Crippen LogP contribution in [0.1, 0.15) is 0 Å². The largest absolute Gasteiger partial charge is 0.275 e. The van der Waals surface area contributed by atoms with Gasteiger partial charge in [0, 0.05) is 40.8 Å². The maximum Gasteiger partial charge on any atom is 0.239 e. The molecule has 4 heteroatoms. The van der Waals surface area contributed by atoms with Crippen LogP contribution < -0.4 is 0 Å². The van der Waals surface area contributed by atoms with Crippen molar-refractivity contribution in [2.24, 2.45) is 0 Å².